The quantitative estimate of drug-likeness (QED) is 0.592. The standard InChI is InChI=1S/C23H28F3N3O4/c1-13-3-4-15(33-2)9-16(13)20-10-14-11-29(8-7-23(24,25)26)17(14)22(20,32)6-5-21(12-20)18(30)27-19(31)28-21/h3-4,9,14,17,32H,5-8,10-12H2,1-2H3,(H2,27,28,30,31)/t14?,17-,20-,21+,22-/m1/s1. The van der Waals surface area contributed by atoms with Crippen molar-refractivity contribution < 1.29 is 32.6 Å². The van der Waals surface area contributed by atoms with Crippen LogP contribution >= 0.6 is 0 Å². The Morgan fingerprint density at radius 2 is 2.03 bits per heavy atom. The number of likely N-dealkylation sites (tertiary alicyclic amines) is 1. The first kappa shape index (κ1) is 22.5. The van der Waals surface area contributed by atoms with E-state index < -0.39 is 47.1 Å². The number of hydrogen-bond acceptors (Lipinski definition) is 5. The Bertz CT molecular complexity index is 1020. The third-order valence-corrected chi connectivity index (χ3v) is 8.43. The summed E-state index contributed by atoms with van der Waals surface area (Å²) in [6.07, 6.45) is -4.07. The fraction of sp³-hybridized carbons (Fsp3) is 0.652. The van der Waals surface area contributed by atoms with Gasteiger partial charge in [0.2, 0.25) is 0 Å². The molecule has 0 bridgehead atoms. The molecule has 1 unspecified atom stereocenters. The number of aliphatic hydroxyl groups is 1. The summed E-state index contributed by atoms with van der Waals surface area (Å²) in [5, 5.41) is 17.4. The number of nitrogens with one attached hydrogen (secondary N) is 2. The zero-order valence-electron chi connectivity index (χ0n) is 18.6. The molecular weight excluding hydrogens is 439 g/mol. The molecule has 3 amide bonds. The van der Waals surface area contributed by atoms with Crippen molar-refractivity contribution in [2.24, 2.45) is 5.92 Å². The monoisotopic (exact) mass is 467 g/mol. The molecule has 2 saturated carbocycles. The number of hydrogen-bond donors (Lipinski definition) is 3. The predicted octanol–water partition coefficient (Wildman–Crippen LogP) is 2.39. The van der Waals surface area contributed by atoms with Crippen LogP contribution in [0.3, 0.4) is 0 Å². The van der Waals surface area contributed by atoms with E-state index in [1.807, 2.05) is 25.1 Å². The highest BCUT2D eigenvalue weighted by Gasteiger charge is 2.73. The number of nitrogens with zero attached hydrogens (tertiary/aromatic N) is 1. The Hall–Kier alpha value is -2.33. The third kappa shape index (κ3) is 3.17. The van der Waals surface area contributed by atoms with Gasteiger partial charge in [-0.15, -0.1) is 0 Å². The summed E-state index contributed by atoms with van der Waals surface area (Å²) in [6, 6.07) is 4.58. The number of halogens is 3. The van der Waals surface area contributed by atoms with Gasteiger partial charge >= 0.3 is 12.2 Å². The number of ether oxygens (including phenoxy) is 1. The summed E-state index contributed by atoms with van der Waals surface area (Å²) in [6.45, 7) is 2.22. The largest absolute Gasteiger partial charge is 0.497 e. The van der Waals surface area contributed by atoms with Gasteiger partial charge < -0.3 is 15.2 Å². The molecule has 4 aliphatic rings. The van der Waals surface area contributed by atoms with Crippen molar-refractivity contribution in [3.05, 3.63) is 29.3 Å². The Labute approximate surface area is 189 Å². The van der Waals surface area contributed by atoms with Crippen LogP contribution in [0.15, 0.2) is 18.2 Å². The van der Waals surface area contributed by atoms with Gasteiger partial charge in [0.05, 0.1) is 19.1 Å². The number of fused-ring (bicyclic) bond motifs is 3. The Balaban J connectivity index is 1.59. The zero-order chi connectivity index (χ0) is 23.8. The van der Waals surface area contributed by atoms with Gasteiger partial charge in [0.1, 0.15) is 11.3 Å². The number of carbonyl (C=O) groups is 2. The summed E-state index contributed by atoms with van der Waals surface area (Å²) in [4.78, 5) is 26.6. The average molecular weight is 467 g/mol. The number of imide groups is 1. The molecule has 7 nitrogen and oxygen atoms in total. The van der Waals surface area contributed by atoms with Crippen LogP contribution in [0.2, 0.25) is 0 Å². The molecule has 180 valence electrons. The average Bonchev–Trinajstić information content (AvgIpc) is 3.09. The van der Waals surface area contributed by atoms with E-state index in [2.05, 4.69) is 10.6 Å². The molecule has 5 rings (SSSR count). The van der Waals surface area contributed by atoms with Crippen LogP contribution in [0.25, 0.3) is 0 Å². The SMILES string of the molecule is COc1ccc(C)c([C@]23CC4CN(CCC(F)(F)F)[C@H]4[C@]2(O)CC[C@@]2(C3)NC(=O)NC2=O)c1. The highest BCUT2D eigenvalue weighted by atomic mass is 19.4. The number of carbonyl (C=O) groups excluding carboxylic acids is 2. The fourth-order valence-corrected chi connectivity index (χ4v) is 7.08. The van der Waals surface area contributed by atoms with Crippen molar-refractivity contribution in [1.82, 2.24) is 15.5 Å². The number of alkyl halides is 3. The Morgan fingerprint density at radius 1 is 1.27 bits per heavy atom. The van der Waals surface area contributed by atoms with E-state index in [4.69, 9.17) is 4.74 Å². The van der Waals surface area contributed by atoms with Crippen LogP contribution in [-0.4, -0.2) is 65.5 Å². The molecule has 2 aliphatic carbocycles. The first-order valence-corrected chi connectivity index (χ1v) is 11.2. The van der Waals surface area contributed by atoms with Gasteiger partial charge in [-0.2, -0.15) is 13.2 Å². The van der Waals surface area contributed by atoms with Crippen LogP contribution in [0.4, 0.5) is 18.0 Å². The molecule has 1 aromatic carbocycles. The van der Waals surface area contributed by atoms with Gasteiger partial charge in [-0.05, 0) is 61.8 Å². The van der Waals surface area contributed by atoms with Crippen LogP contribution in [0.5, 0.6) is 5.75 Å². The predicted molar refractivity (Wildman–Crippen MR) is 112 cm³/mol. The summed E-state index contributed by atoms with van der Waals surface area (Å²) >= 11 is 0. The first-order valence-electron chi connectivity index (χ1n) is 11.2. The molecule has 2 saturated heterocycles. The van der Waals surface area contributed by atoms with Gasteiger partial charge in [-0.1, -0.05) is 6.07 Å². The molecule has 4 fully saturated rings. The molecule has 2 heterocycles. The molecule has 0 radical (unpaired) electrons. The highest BCUT2D eigenvalue weighted by Crippen LogP contribution is 2.65. The summed E-state index contributed by atoms with van der Waals surface area (Å²) < 4.78 is 44.2. The lowest BCUT2D eigenvalue weighted by atomic mass is 9.55. The van der Waals surface area contributed by atoms with Crippen LogP contribution < -0.4 is 15.4 Å². The van der Waals surface area contributed by atoms with E-state index in [1.165, 1.54) is 0 Å². The van der Waals surface area contributed by atoms with Gasteiger partial charge in [-0.25, -0.2) is 4.79 Å². The number of rotatable bonds is 4. The van der Waals surface area contributed by atoms with E-state index in [9.17, 15) is 27.9 Å². The summed E-state index contributed by atoms with van der Waals surface area (Å²) in [5.74, 6) is 0.187. The lowest BCUT2D eigenvalue weighted by molar-refractivity contribution is -0.166. The van der Waals surface area contributed by atoms with Crippen molar-refractivity contribution in [1.29, 1.82) is 0 Å². The maximum absolute atomic E-state index is 12.9. The van der Waals surface area contributed by atoms with Gasteiger partial charge in [0.15, 0.2) is 0 Å². The fourth-order valence-electron chi connectivity index (χ4n) is 7.08. The summed E-state index contributed by atoms with van der Waals surface area (Å²) in [7, 11) is 1.54. The third-order valence-electron chi connectivity index (χ3n) is 8.43. The minimum atomic E-state index is -4.27. The lowest BCUT2D eigenvalue weighted by Crippen LogP contribution is -2.70. The van der Waals surface area contributed by atoms with Gasteiger partial charge in [0, 0.05) is 24.5 Å². The molecule has 3 N–H and O–H groups in total. The first-order chi connectivity index (χ1) is 15.4. The molecular formula is C23H28F3N3O4. The van der Waals surface area contributed by atoms with Crippen LogP contribution in [0.1, 0.15) is 43.2 Å². The van der Waals surface area contributed by atoms with Crippen LogP contribution in [0, 0.1) is 12.8 Å². The van der Waals surface area contributed by atoms with Crippen LogP contribution in [-0.2, 0) is 10.2 Å². The van der Waals surface area contributed by atoms with Crippen molar-refractivity contribution >= 4 is 11.9 Å². The Kier molecular flexibility index (Phi) is 4.82. The van der Waals surface area contributed by atoms with E-state index in [0.717, 1.165) is 11.1 Å². The maximum Gasteiger partial charge on any atom is 0.390 e. The number of methoxy groups -OCH3 is 1. The smallest absolute Gasteiger partial charge is 0.390 e. The summed E-state index contributed by atoms with van der Waals surface area (Å²) in [5.41, 5.74) is -1.68. The molecule has 10 heteroatoms. The molecule has 33 heavy (non-hydrogen) atoms. The van der Waals surface area contributed by atoms with Gasteiger partial charge in [-0.3, -0.25) is 15.0 Å². The topological polar surface area (TPSA) is 90.9 Å². The number of urea groups is 1. The molecule has 0 aromatic heterocycles. The minimum absolute atomic E-state index is 0.00384. The lowest BCUT2D eigenvalue weighted by Gasteiger charge is -2.57. The number of benzene rings is 1. The second kappa shape index (κ2) is 7.09. The number of aryl methyl sites for hydroxylation is 1. The normalized spacial score (nSPS) is 37.9. The van der Waals surface area contributed by atoms with Crippen molar-refractivity contribution in [2.45, 2.75) is 67.8 Å². The van der Waals surface area contributed by atoms with Crippen molar-refractivity contribution in [3.8, 4) is 5.75 Å². The zero-order valence-corrected chi connectivity index (χ0v) is 18.6. The molecule has 1 spiro atoms. The van der Waals surface area contributed by atoms with Crippen molar-refractivity contribution in [3.63, 3.8) is 0 Å². The minimum Gasteiger partial charge on any atom is -0.497 e. The van der Waals surface area contributed by atoms with Crippen molar-refractivity contribution in [2.75, 3.05) is 20.2 Å². The van der Waals surface area contributed by atoms with E-state index >= 15 is 0 Å². The second-order valence-electron chi connectivity index (χ2n) is 10.1. The highest BCUT2D eigenvalue weighted by molar-refractivity contribution is 6.07. The van der Waals surface area contributed by atoms with Gasteiger partial charge in [0.25, 0.3) is 5.91 Å². The Morgan fingerprint density at radius 3 is 2.67 bits per heavy atom. The maximum atomic E-state index is 12.9. The molecule has 2 aliphatic heterocycles. The van der Waals surface area contributed by atoms with E-state index in [-0.39, 0.29) is 31.7 Å². The molecule has 1 aromatic rings. The number of amides is 3. The second-order valence-corrected chi connectivity index (χ2v) is 10.1. The van der Waals surface area contributed by atoms with E-state index in [1.54, 1.807) is 12.0 Å². The molecule has 5 atom stereocenters. The van der Waals surface area contributed by atoms with E-state index in [0.29, 0.717) is 18.7 Å².